The van der Waals surface area contributed by atoms with Crippen LogP contribution in [0.1, 0.15) is 77.9 Å². The predicted molar refractivity (Wildman–Crippen MR) is 406 cm³/mol. The molecule has 1 aliphatic carbocycles. The van der Waals surface area contributed by atoms with Gasteiger partial charge < -0.3 is 63.3 Å². The smallest absolute Gasteiger partial charge is 0.150 e. The molecule has 14 rings (SSSR count). The summed E-state index contributed by atoms with van der Waals surface area (Å²) < 4.78 is 44.9. The Bertz CT molecular complexity index is 4670. The fourth-order valence-electron chi connectivity index (χ4n) is 13.7. The van der Waals surface area contributed by atoms with Gasteiger partial charge >= 0.3 is 0 Å². The molecular weight excluding hydrogens is 2440 g/mol. The molecule has 45 heteroatoms. The van der Waals surface area contributed by atoms with Crippen LogP contribution in [0.25, 0.3) is 66.9 Å². The third-order valence-electron chi connectivity index (χ3n) is 19.3. The van der Waals surface area contributed by atoms with Gasteiger partial charge in [0.05, 0.1) is 140 Å². The molecule has 6 aromatic heterocycles. The van der Waals surface area contributed by atoms with Gasteiger partial charge in [0.1, 0.15) is 29.2 Å². The number of ether oxygens (including phenoxy) is 7. The van der Waals surface area contributed by atoms with Crippen molar-refractivity contribution in [2.75, 3.05) is 116 Å². The zero-order chi connectivity index (χ0) is 72.5. The molecule has 8 heterocycles. The summed E-state index contributed by atoms with van der Waals surface area (Å²) in [6, 6.07) is 30.5. The number of hydrogen-bond acceptors (Lipinski definition) is 23. The second kappa shape index (κ2) is 70.0. The summed E-state index contributed by atoms with van der Waals surface area (Å²) in [5.41, 5.74) is 15.6. The van der Waals surface area contributed by atoms with E-state index in [-0.39, 0.29) is 337 Å². The van der Waals surface area contributed by atoms with Crippen LogP contribution in [0.4, 0.5) is 28.4 Å². The third kappa shape index (κ3) is 38.3. The van der Waals surface area contributed by atoms with Crippen molar-refractivity contribution >= 4 is 67.2 Å². The molecule has 3 unspecified atom stereocenters. The first kappa shape index (κ1) is 138. The predicted octanol–water partition coefficient (Wildman–Crippen LogP) is 12.9. The average Bonchev–Trinajstić information content (AvgIpc) is 1.77. The minimum absolute atomic E-state index is 0. The van der Waals surface area contributed by atoms with Gasteiger partial charge in [0, 0.05) is 480 Å². The van der Waals surface area contributed by atoms with Gasteiger partial charge in [-0.2, -0.15) is 15.3 Å². The van der Waals surface area contributed by atoms with Gasteiger partial charge in [0.2, 0.25) is 0 Å². The Morgan fingerprint density at radius 1 is 0.472 bits per heavy atom. The molecule has 26 nitrogen and oxygen atoms in total. The average molecular weight is 2530 g/mol. The summed E-state index contributed by atoms with van der Waals surface area (Å²) in [5.74, 6) is 2.84. The molecule has 3 atom stereocenters. The van der Waals surface area contributed by atoms with Gasteiger partial charge in [-0.1, -0.05) is 12.1 Å². The molecule has 2 saturated heterocycles. The molecule has 3 aliphatic rings. The normalized spacial score (nSPS) is 14.3. The quantitative estimate of drug-likeness (QED) is 0.0221. The van der Waals surface area contributed by atoms with E-state index in [2.05, 4.69) is 99.8 Å². The van der Waals surface area contributed by atoms with Crippen molar-refractivity contribution in [3.05, 3.63) is 147 Å². The second-order valence-corrected chi connectivity index (χ2v) is 26.4. The molecule has 1 saturated carbocycles. The maximum Gasteiger partial charge on any atom is 0.150 e. The number of nitrogens with zero attached hydrogens (tertiary/aromatic N) is 17. The Hall–Kier alpha value is -0.757. The standard InChI is InChI=1S/C31H38N6O3.C24H34N6O2.C23H24N6O3.19Co/c1-38-26-16-25(17-27(19-26)39-2)36(14-7-13-35-11-4-5-12-35)24-9-10-28-29(18-24)34-30(21-32-28)23-20-33-37(22-23)31-8-3-6-15-40-31;1-5-25-8-9-30(19-10-20(31-3)13-21(11-19)32-4)18-6-7-22-23(12-18)28-24(15-26-22)17-14-27-29(2)16-17;1-15(27-30)13-29(18-7-19(31-3)10-20(8-18)32-4)17-5-6-21-22(9-17)26-23(12-24-21)16-11-25-28(2)14-16;;;;;;;;;;;;;;;;;;;/h9-10,16-22,31H,3-8,11-15H2,1-2H3;6-7,12,14-16,19-21,25H,5,8-11,13H2,1-4H3;5-12,14,30H,13H2,1-4H3;;;;;;;;;;;;;;;;;;;/b;;27-15-;;;;;;;;;;;;;;;;;;;. The van der Waals surface area contributed by atoms with E-state index in [4.69, 9.17) is 53.1 Å². The Morgan fingerprint density at radius 2 is 0.886 bits per heavy atom. The number of methoxy groups -OCH3 is 6. The van der Waals surface area contributed by atoms with Crippen LogP contribution in [-0.4, -0.2) is 195 Å². The Kier molecular flexibility index (Phi) is 78.4. The summed E-state index contributed by atoms with van der Waals surface area (Å²) in [7, 11) is 14.0. The van der Waals surface area contributed by atoms with Crippen LogP contribution in [0.15, 0.2) is 152 Å². The second-order valence-electron chi connectivity index (χ2n) is 26.4. The van der Waals surface area contributed by atoms with Crippen LogP contribution in [0, 0.1) is 0 Å². The van der Waals surface area contributed by atoms with Gasteiger partial charge in [0.15, 0.2) is 0 Å². The summed E-state index contributed by atoms with van der Waals surface area (Å²) in [6.07, 6.45) is 26.9. The molecular formula is C78H96Co19N18O8. The SMILES string of the molecule is CCNCCN(c1ccc2ncc(-c3cnn(C)c3)nc2c1)C1CC(OC)CC(OC)C1.COc1cc(OC)cc(N(C/C(C)=N\O)c2ccc3ncc(-c4cnn(C)c4)nc3c2)c1.COc1cc(OC)cc(N(CCCN2CCCC2)c2ccc3ncc(-c4cnn(C5CCCCO5)c4)nc3c2)c1.[Co].[Co].[Co].[Co].[Co].[Co].[Co].[Co].[Co].[Co].[Co].[Co].[Co].[Co].[Co].[Co].[Co].[Co].[Co]. The van der Waals surface area contributed by atoms with Crippen molar-refractivity contribution in [1.29, 1.82) is 0 Å². The Labute approximate surface area is 917 Å². The number of likely N-dealkylation sites (N-methyl/N-ethyl adjacent to an activating group) is 1. The first-order chi connectivity index (χ1) is 50.8. The molecule has 717 valence electrons. The zero-order valence-electron chi connectivity index (χ0n) is 67.6. The molecule has 2 N–H and O–H groups in total. The van der Waals surface area contributed by atoms with Crippen LogP contribution in [0.3, 0.4) is 0 Å². The van der Waals surface area contributed by atoms with Crippen molar-refractivity contribution < 1.29 is 357 Å². The molecule has 5 aromatic carbocycles. The number of rotatable bonds is 26. The minimum atomic E-state index is -0.00325. The first-order valence-electron chi connectivity index (χ1n) is 35.7. The fourth-order valence-corrected chi connectivity index (χ4v) is 13.7. The molecule has 19 radical (unpaired) electrons. The summed E-state index contributed by atoms with van der Waals surface area (Å²) in [4.78, 5) is 38.0. The van der Waals surface area contributed by atoms with E-state index in [0.29, 0.717) is 29.8 Å². The number of hydrogen-bond donors (Lipinski definition) is 2. The van der Waals surface area contributed by atoms with Crippen LogP contribution in [-0.2, 0) is 347 Å². The minimum Gasteiger partial charge on any atom is -0.497 e. The number of aromatic nitrogens is 12. The molecule has 0 spiro atoms. The maximum absolute atomic E-state index is 9.30. The van der Waals surface area contributed by atoms with Crippen molar-refractivity contribution in [3.63, 3.8) is 0 Å². The van der Waals surface area contributed by atoms with Crippen molar-refractivity contribution in [3.8, 4) is 56.8 Å². The number of benzene rings is 5. The van der Waals surface area contributed by atoms with Crippen LogP contribution in [0.2, 0.25) is 0 Å². The van der Waals surface area contributed by atoms with E-state index >= 15 is 0 Å². The van der Waals surface area contributed by atoms with Gasteiger partial charge in [-0.15, -0.1) is 0 Å². The summed E-state index contributed by atoms with van der Waals surface area (Å²) in [6.45, 7) is 12.2. The number of aryl methyl sites for hydroxylation is 2. The van der Waals surface area contributed by atoms with Crippen LogP contribution in [0.5, 0.6) is 23.0 Å². The fraction of sp³-hybridized carbons (Fsp3) is 0.410. The van der Waals surface area contributed by atoms with Gasteiger partial charge in [0.25, 0.3) is 0 Å². The van der Waals surface area contributed by atoms with Crippen molar-refractivity contribution in [1.82, 2.24) is 69.5 Å². The van der Waals surface area contributed by atoms with Gasteiger partial charge in [-0.25, -0.2) is 19.6 Å². The van der Waals surface area contributed by atoms with E-state index in [0.717, 1.165) is 191 Å². The largest absolute Gasteiger partial charge is 0.497 e. The van der Waals surface area contributed by atoms with Crippen LogP contribution < -0.4 is 39.0 Å². The summed E-state index contributed by atoms with van der Waals surface area (Å²) >= 11 is 0. The topological polar surface area (TPSA) is 253 Å². The molecule has 123 heavy (non-hydrogen) atoms. The molecule has 2 aliphatic heterocycles. The summed E-state index contributed by atoms with van der Waals surface area (Å²) in [5, 5.41) is 29.2. The number of oxime groups is 1. The van der Waals surface area contributed by atoms with E-state index in [9.17, 15) is 5.21 Å². The van der Waals surface area contributed by atoms with Crippen molar-refractivity contribution in [2.24, 2.45) is 19.3 Å². The number of nitrogens with one attached hydrogen (secondary N) is 1. The maximum atomic E-state index is 9.30. The number of anilines is 5. The Balaban J connectivity index is -0.000000251. The van der Waals surface area contributed by atoms with Gasteiger partial charge in [-0.3, -0.25) is 24.3 Å². The monoisotopic (exact) mass is 2530 g/mol. The molecule has 11 aromatic rings. The van der Waals surface area contributed by atoms with E-state index in [1.165, 1.54) is 25.9 Å². The van der Waals surface area contributed by atoms with Crippen molar-refractivity contribution in [2.45, 2.75) is 96.1 Å². The van der Waals surface area contributed by atoms with Gasteiger partial charge in [-0.05, 0) is 145 Å². The van der Waals surface area contributed by atoms with Crippen LogP contribution >= 0.6 is 0 Å². The van der Waals surface area contributed by atoms with E-state index < -0.39 is 0 Å². The molecule has 0 amide bonds. The Morgan fingerprint density at radius 3 is 1.28 bits per heavy atom. The number of likely N-dealkylation sites (tertiary alicyclic amines) is 1. The molecule has 0 bridgehead atoms. The third-order valence-corrected chi connectivity index (χ3v) is 19.3. The first-order valence-corrected chi connectivity index (χ1v) is 35.7. The van der Waals surface area contributed by atoms with E-state index in [1.54, 1.807) is 77.4 Å². The zero-order valence-corrected chi connectivity index (χ0v) is 87.4. The number of fused-ring (bicyclic) bond motifs is 3. The molecule has 3 fully saturated rings. The van der Waals surface area contributed by atoms with E-state index in [1.807, 2.05) is 110 Å².